The molecule has 0 radical (unpaired) electrons. The summed E-state index contributed by atoms with van der Waals surface area (Å²) in [7, 11) is 0. The number of carbonyl (C=O) groups excluding carboxylic acids is 3. The van der Waals surface area contributed by atoms with Crippen molar-refractivity contribution in [2.45, 2.75) is 0 Å². The Kier molecular flexibility index (Phi) is 2.50. The first-order valence-electron chi connectivity index (χ1n) is 5.46. The van der Waals surface area contributed by atoms with Crippen molar-refractivity contribution in [2.75, 3.05) is 0 Å². The van der Waals surface area contributed by atoms with Crippen molar-refractivity contribution in [3.63, 3.8) is 0 Å². The minimum Gasteiger partial charge on any atom is -0.371 e. The predicted octanol–water partition coefficient (Wildman–Crippen LogP) is 0.336. The van der Waals surface area contributed by atoms with Crippen LogP contribution in [0, 0.1) is 0 Å². The van der Waals surface area contributed by atoms with Crippen LogP contribution in [0.15, 0.2) is 39.6 Å². The molecule has 1 N–H and O–H groups in total. The fourth-order valence-corrected chi connectivity index (χ4v) is 1.76. The lowest BCUT2D eigenvalue weighted by Gasteiger charge is -2.10. The van der Waals surface area contributed by atoms with Crippen molar-refractivity contribution in [1.29, 1.82) is 0 Å². The molecule has 8 nitrogen and oxygen atoms in total. The van der Waals surface area contributed by atoms with E-state index in [0.29, 0.717) is 5.06 Å². The second-order valence-electron chi connectivity index (χ2n) is 3.91. The lowest BCUT2D eigenvalue weighted by molar-refractivity contribution is -0.0607. The molecule has 2 aromatic rings. The Hall–Kier alpha value is -3.16. The number of hydroxylamine groups is 2. The van der Waals surface area contributed by atoms with Gasteiger partial charge in [0.15, 0.2) is 0 Å². The predicted molar refractivity (Wildman–Crippen MR) is 61.7 cm³/mol. The summed E-state index contributed by atoms with van der Waals surface area (Å²) in [6, 6.07) is 6.90. The van der Waals surface area contributed by atoms with Crippen LogP contribution in [0.25, 0.3) is 0 Å². The van der Waals surface area contributed by atoms with Gasteiger partial charge in [-0.1, -0.05) is 17.2 Å². The number of amides is 2. The largest absolute Gasteiger partial charge is 0.401 e. The van der Waals surface area contributed by atoms with Gasteiger partial charge in [0.05, 0.1) is 17.2 Å². The summed E-state index contributed by atoms with van der Waals surface area (Å²) in [4.78, 5) is 50.9. The van der Waals surface area contributed by atoms with Gasteiger partial charge < -0.3 is 9.36 Å². The normalized spacial score (nSPS) is 13.5. The smallest absolute Gasteiger partial charge is 0.371 e. The number of aromatic nitrogens is 1. The van der Waals surface area contributed by atoms with Gasteiger partial charge in [-0.25, -0.2) is 4.79 Å². The summed E-state index contributed by atoms with van der Waals surface area (Å²) in [5.74, 6) is -3.07. The maximum Gasteiger partial charge on any atom is 0.401 e. The highest BCUT2D eigenvalue weighted by Crippen LogP contribution is 2.23. The number of carbonyl (C=O) groups is 3. The van der Waals surface area contributed by atoms with E-state index in [1.165, 1.54) is 12.1 Å². The van der Waals surface area contributed by atoms with Gasteiger partial charge >= 0.3 is 5.97 Å². The number of imide groups is 1. The van der Waals surface area contributed by atoms with Gasteiger partial charge in [0.2, 0.25) is 5.76 Å². The van der Waals surface area contributed by atoms with E-state index in [9.17, 15) is 19.2 Å². The Morgan fingerprint density at radius 1 is 1.10 bits per heavy atom. The second kappa shape index (κ2) is 4.19. The molecule has 0 atom stereocenters. The quantitative estimate of drug-likeness (QED) is 0.790. The summed E-state index contributed by atoms with van der Waals surface area (Å²) in [5.41, 5.74) is -0.360. The summed E-state index contributed by atoms with van der Waals surface area (Å²) in [5, 5.41) is 2.23. The molecule has 0 fully saturated rings. The van der Waals surface area contributed by atoms with Crippen molar-refractivity contribution >= 4 is 17.8 Å². The zero-order chi connectivity index (χ0) is 14.3. The van der Waals surface area contributed by atoms with Gasteiger partial charge in [-0.3, -0.25) is 14.4 Å². The molecule has 0 spiro atoms. The molecule has 2 heterocycles. The number of rotatable bonds is 2. The fraction of sp³-hybridized carbons (Fsp3) is 0. The number of hydrogen-bond acceptors (Lipinski definition) is 6. The summed E-state index contributed by atoms with van der Waals surface area (Å²) < 4.78 is 4.52. The van der Waals surface area contributed by atoms with Crippen LogP contribution in [-0.4, -0.2) is 28.0 Å². The van der Waals surface area contributed by atoms with Crippen LogP contribution in [0.5, 0.6) is 0 Å². The van der Waals surface area contributed by atoms with Crippen LogP contribution in [0.1, 0.15) is 31.3 Å². The van der Waals surface area contributed by atoms with Crippen LogP contribution in [0.2, 0.25) is 0 Å². The van der Waals surface area contributed by atoms with Crippen molar-refractivity contribution in [3.05, 3.63) is 57.6 Å². The summed E-state index contributed by atoms with van der Waals surface area (Å²) in [6.07, 6.45) is 0. The number of aromatic amines is 1. The zero-order valence-electron chi connectivity index (χ0n) is 9.78. The topological polar surface area (TPSA) is 110 Å². The number of nitrogens with zero attached hydrogens (tertiary/aromatic N) is 1. The third-order valence-corrected chi connectivity index (χ3v) is 2.66. The second-order valence-corrected chi connectivity index (χ2v) is 3.91. The molecule has 1 aromatic heterocycles. The van der Waals surface area contributed by atoms with E-state index in [1.54, 1.807) is 12.1 Å². The molecule has 100 valence electrons. The Bertz CT molecular complexity index is 752. The third-order valence-electron chi connectivity index (χ3n) is 2.66. The number of fused-ring (bicyclic) bond motifs is 1. The highest BCUT2D eigenvalue weighted by Gasteiger charge is 2.39. The van der Waals surface area contributed by atoms with Crippen molar-refractivity contribution < 1.29 is 23.7 Å². The zero-order valence-corrected chi connectivity index (χ0v) is 9.78. The molecule has 0 unspecified atom stereocenters. The fourth-order valence-electron chi connectivity index (χ4n) is 1.76. The van der Waals surface area contributed by atoms with Crippen molar-refractivity contribution in [3.8, 4) is 0 Å². The number of H-pyrrole nitrogens is 1. The van der Waals surface area contributed by atoms with Crippen LogP contribution in [0.4, 0.5) is 0 Å². The number of nitrogens with one attached hydrogen (secondary N) is 1. The van der Waals surface area contributed by atoms with Crippen LogP contribution in [-0.2, 0) is 4.84 Å². The van der Waals surface area contributed by atoms with E-state index in [-0.39, 0.29) is 11.1 Å². The molecule has 20 heavy (non-hydrogen) atoms. The standard InChI is InChI=1S/C12H6N2O6/c15-9-5-8(19-13-9)12(18)20-14-10(16)6-3-1-2-4-7(6)11(14)17/h1-5H,(H,13,15). The van der Waals surface area contributed by atoms with E-state index in [0.717, 1.165) is 6.07 Å². The average Bonchev–Trinajstić information content (AvgIpc) is 2.98. The van der Waals surface area contributed by atoms with Crippen LogP contribution >= 0.6 is 0 Å². The van der Waals surface area contributed by atoms with E-state index >= 15 is 0 Å². The van der Waals surface area contributed by atoms with E-state index in [2.05, 4.69) is 9.36 Å². The number of hydrogen-bond donors (Lipinski definition) is 1. The monoisotopic (exact) mass is 274 g/mol. The Morgan fingerprint density at radius 3 is 2.20 bits per heavy atom. The highest BCUT2D eigenvalue weighted by atomic mass is 16.7. The lowest BCUT2D eigenvalue weighted by atomic mass is 10.1. The maximum absolute atomic E-state index is 11.9. The molecule has 1 aliphatic rings. The first-order chi connectivity index (χ1) is 9.58. The molecule has 0 saturated carbocycles. The Labute approximate surface area is 110 Å². The Morgan fingerprint density at radius 2 is 1.70 bits per heavy atom. The first kappa shape index (κ1) is 11.9. The molecule has 0 bridgehead atoms. The molecule has 2 amide bonds. The highest BCUT2D eigenvalue weighted by molar-refractivity contribution is 6.21. The lowest BCUT2D eigenvalue weighted by Crippen LogP contribution is -2.32. The van der Waals surface area contributed by atoms with Gasteiger partial charge in [-0.05, 0) is 12.1 Å². The Balaban J connectivity index is 1.87. The molecule has 0 aliphatic carbocycles. The van der Waals surface area contributed by atoms with E-state index in [1.807, 2.05) is 5.16 Å². The molecule has 8 heteroatoms. The maximum atomic E-state index is 11.9. The average molecular weight is 274 g/mol. The first-order valence-corrected chi connectivity index (χ1v) is 5.46. The van der Waals surface area contributed by atoms with E-state index < -0.39 is 29.1 Å². The van der Waals surface area contributed by atoms with Gasteiger partial charge in [-0.15, -0.1) is 0 Å². The van der Waals surface area contributed by atoms with Crippen molar-refractivity contribution in [2.24, 2.45) is 0 Å². The minimum absolute atomic E-state index is 0.140. The molecular formula is C12H6N2O6. The SMILES string of the molecule is O=C(ON1C(=O)c2ccccc2C1=O)c1cc(=O)[nH]o1. The molecular weight excluding hydrogens is 268 g/mol. The molecule has 1 aliphatic heterocycles. The van der Waals surface area contributed by atoms with Gasteiger partial charge in [0.1, 0.15) is 0 Å². The summed E-state index contributed by atoms with van der Waals surface area (Å²) in [6.45, 7) is 0. The van der Waals surface area contributed by atoms with Crippen LogP contribution < -0.4 is 5.56 Å². The van der Waals surface area contributed by atoms with Gasteiger partial charge in [0.25, 0.3) is 17.4 Å². The van der Waals surface area contributed by atoms with E-state index in [4.69, 9.17) is 0 Å². The van der Waals surface area contributed by atoms with Crippen molar-refractivity contribution in [1.82, 2.24) is 10.2 Å². The summed E-state index contributed by atoms with van der Waals surface area (Å²) >= 11 is 0. The molecule has 0 saturated heterocycles. The third kappa shape index (κ3) is 1.70. The minimum atomic E-state index is -1.13. The molecule has 1 aromatic carbocycles. The van der Waals surface area contributed by atoms with Gasteiger partial charge in [-0.2, -0.15) is 5.16 Å². The van der Waals surface area contributed by atoms with Gasteiger partial charge in [0, 0.05) is 0 Å². The molecule has 3 rings (SSSR count). The number of benzene rings is 1. The van der Waals surface area contributed by atoms with Crippen LogP contribution in [0.3, 0.4) is 0 Å².